The number of fused-ring (bicyclic) bond motifs is 1. The number of hydrogen-bond donors (Lipinski definition) is 0. The second-order valence-corrected chi connectivity index (χ2v) is 6.83. The SMILES string of the molecule is CC1CN2CCCC2CN1CC(=O)c1ccccc1Br. The lowest BCUT2D eigenvalue weighted by atomic mass is 10.1. The fraction of sp³-hybridized carbons (Fsp3) is 0.562. The molecule has 0 spiro atoms. The lowest BCUT2D eigenvalue weighted by Crippen LogP contribution is -2.55. The lowest BCUT2D eigenvalue weighted by Gasteiger charge is -2.42. The molecule has 108 valence electrons. The van der Waals surface area contributed by atoms with Crippen LogP contribution < -0.4 is 0 Å². The summed E-state index contributed by atoms with van der Waals surface area (Å²) < 4.78 is 0.900. The highest BCUT2D eigenvalue weighted by Gasteiger charge is 2.35. The fourth-order valence-corrected chi connectivity index (χ4v) is 3.93. The van der Waals surface area contributed by atoms with Gasteiger partial charge in [-0.2, -0.15) is 0 Å². The Labute approximate surface area is 129 Å². The number of carbonyl (C=O) groups excluding carboxylic acids is 1. The Morgan fingerprint density at radius 2 is 2.15 bits per heavy atom. The molecule has 2 heterocycles. The Morgan fingerprint density at radius 3 is 2.95 bits per heavy atom. The predicted octanol–water partition coefficient (Wildman–Crippen LogP) is 2.80. The van der Waals surface area contributed by atoms with Crippen LogP contribution in [0.2, 0.25) is 0 Å². The molecular weight excluding hydrogens is 316 g/mol. The summed E-state index contributed by atoms with van der Waals surface area (Å²) in [4.78, 5) is 17.4. The van der Waals surface area contributed by atoms with Gasteiger partial charge in [0.2, 0.25) is 0 Å². The maximum Gasteiger partial charge on any atom is 0.177 e. The quantitative estimate of drug-likeness (QED) is 0.793. The molecule has 0 aliphatic carbocycles. The number of rotatable bonds is 3. The average molecular weight is 337 g/mol. The Morgan fingerprint density at radius 1 is 1.35 bits per heavy atom. The molecule has 0 amide bonds. The van der Waals surface area contributed by atoms with Crippen LogP contribution >= 0.6 is 15.9 Å². The van der Waals surface area contributed by atoms with E-state index < -0.39 is 0 Å². The summed E-state index contributed by atoms with van der Waals surface area (Å²) in [6.45, 7) is 6.16. The van der Waals surface area contributed by atoms with Crippen molar-refractivity contribution in [2.24, 2.45) is 0 Å². The van der Waals surface area contributed by atoms with Gasteiger partial charge in [0.05, 0.1) is 6.54 Å². The molecule has 1 aromatic rings. The molecule has 20 heavy (non-hydrogen) atoms. The van der Waals surface area contributed by atoms with Crippen LogP contribution in [0.1, 0.15) is 30.1 Å². The zero-order valence-electron chi connectivity index (χ0n) is 11.9. The van der Waals surface area contributed by atoms with Crippen molar-refractivity contribution in [2.45, 2.75) is 31.8 Å². The molecule has 2 unspecified atom stereocenters. The molecular formula is C16H21BrN2O. The number of Topliss-reactive ketones (excluding diaryl/α,β-unsaturated/α-hetero) is 1. The fourth-order valence-electron chi connectivity index (χ4n) is 3.43. The summed E-state index contributed by atoms with van der Waals surface area (Å²) in [6.07, 6.45) is 2.59. The highest BCUT2D eigenvalue weighted by molar-refractivity contribution is 9.10. The summed E-state index contributed by atoms with van der Waals surface area (Å²) in [5.41, 5.74) is 0.800. The molecule has 0 bridgehead atoms. The molecule has 3 nitrogen and oxygen atoms in total. The first-order valence-corrected chi connectivity index (χ1v) is 8.20. The van der Waals surface area contributed by atoms with E-state index in [4.69, 9.17) is 0 Å². The first-order valence-electron chi connectivity index (χ1n) is 7.41. The van der Waals surface area contributed by atoms with Crippen LogP contribution in [-0.4, -0.2) is 53.8 Å². The number of halogens is 1. The number of benzene rings is 1. The van der Waals surface area contributed by atoms with Crippen LogP contribution in [0.4, 0.5) is 0 Å². The van der Waals surface area contributed by atoms with Gasteiger partial charge in [-0.25, -0.2) is 0 Å². The van der Waals surface area contributed by atoms with Crippen LogP contribution in [0.5, 0.6) is 0 Å². The normalized spacial score (nSPS) is 27.5. The Balaban J connectivity index is 1.68. The van der Waals surface area contributed by atoms with Crippen LogP contribution in [0.15, 0.2) is 28.7 Å². The molecule has 2 atom stereocenters. The van der Waals surface area contributed by atoms with Gasteiger partial charge in [0.15, 0.2) is 5.78 Å². The molecule has 0 saturated carbocycles. The third-order valence-electron chi connectivity index (χ3n) is 4.59. The van der Waals surface area contributed by atoms with E-state index >= 15 is 0 Å². The predicted molar refractivity (Wildman–Crippen MR) is 84.1 cm³/mol. The monoisotopic (exact) mass is 336 g/mol. The van der Waals surface area contributed by atoms with Crippen LogP contribution in [0.3, 0.4) is 0 Å². The van der Waals surface area contributed by atoms with Crippen molar-refractivity contribution in [2.75, 3.05) is 26.2 Å². The first kappa shape index (κ1) is 14.2. The van der Waals surface area contributed by atoms with Crippen molar-refractivity contribution < 1.29 is 4.79 Å². The average Bonchev–Trinajstić information content (AvgIpc) is 2.86. The number of piperazine rings is 1. The molecule has 2 fully saturated rings. The van der Waals surface area contributed by atoms with E-state index in [2.05, 4.69) is 32.7 Å². The minimum absolute atomic E-state index is 0.218. The molecule has 1 aromatic carbocycles. The van der Waals surface area contributed by atoms with Crippen molar-refractivity contribution in [1.29, 1.82) is 0 Å². The van der Waals surface area contributed by atoms with E-state index in [1.54, 1.807) is 0 Å². The van der Waals surface area contributed by atoms with E-state index in [1.165, 1.54) is 19.4 Å². The third-order valence-corrected chi connectivity index (χ3v) is 5.28. The van der Waals surface area contributed by atoms with Crippen molar-refractivity contribution in [1.82, 2.24) is 9.80 Å². The van der Waals surface area contributed by atoms with Crippen LogP contribution in [0.25, 0.3) is 0 Å². The van der Waals surface area contributed by atoms with Crippen molar-refractivity contribution >= 4 is 21.7 Å². The summed E-state index contributed by atoms with van der Waals surface area (Å²) >= 11 is 3.47. The third kappa shape index (κ3) is 2.83. The van der Waals surface area contributed by atoms with Crippen molar-refractivity contribution in [3.05, 3.63) is 34.3 Å². The van der Waals surface area contributed by atoms with Gasteiger partial charge in [0.25, 0.3) is 0 Å². The minimum atomic E-state index is 0.218. The van der Waals surface area contributed by atoms with Gasteiger partial charge in [-0.05, 0) is 32.4 Å². The molecule has 0 aromatic heterocycles. The highest BCUT2D eigenvalue weighted by Crippen LogP contribution is 2.25. The van der Waals surface area contributed by atoms with Crippen LogP contribution in [0, 0.1) is 0 Å². The molecule has 2 aliphatic rings. The highest BCUT2D eigenvalue weighted by atomic mass is 79.9. The second-order valence-electron chi connectivity index (χ2n) is 5.97. The topological polar surface area (TPSA) is 23.6 Å². The van der Waals surface area contributed by atoms with E-state index in [1.807, 2.05) is 24.3 Å². The summed E-state index contributed by atoms with van der Waals surface area (Å²) in [5, 5.41) is 0. The lowest BCUT2D eigenvalue weighted by molar-refractivity contribution is 0.0535. The van der Waals surface area contributed by atoms with Gasteiger partial charge >= 0.3 is 0 Å². The summed E-state index contributed by atoms with van der Waals surface area (Å²) in [7, 11) is 0. The molecule has 4 heteroatoms. The number of nitrogens with zero attached hydrogens (tertiary/aromatic N) is 2. The summed E-state index contributed by atoms with van der Waals surface area (Å²) in [6, 6.07) is 8.85. The van der Waals surface area contributed by atoms with Gasteiger partial charge in [-0.1, -0.05) is 34.1 Å². The molecule has 0 radical (unpaired) electrons. The van der Waals surface area contributed by atoms with Crippen LogP contribution in [-0.2, 0) is 0 Å². The summed E-state index contributed by atoms with van der Waals surface area (Å²) in [5.74, 6) is 0.218. The van der Waals surface area contributed by atoms with Gasteiger partial charge in [0, 0.05) is 35.2 Å². The maximum absolute atomic E-state index is 12.5. The Kier molecular flexibility index (Phi) is 4.24. The number of hydrogen-bond acceptors (Lipinski definition) is 3. The standard InChI is InChI=1S/C16H21BrN2O/c1-12-9-18-8-4-5-13(18)10-19(12)11-16(20)14-6-2-3-7-15(14)17/h2-3,6-7,12-13H,4-5,8-11H2,1H3. The van der Waals surface area contributed by atoms with E-state index in [0.717, 1.165) is 23.1 Å². The molecule has 0 N–H and O–H groups in total. The molecule has 2 aliphatic heterocycles. The Hall–Kier alpha value is -0.710. The van der Waals surface area contributed by atoms with E-state index in [-0.39, 0.29) is 5.78 Å². The van der Waals surface area contributed by atoms with Gasteiger partial charge < -0.3 is 0 Å². The first-order chi connectivity index (χ1) is 9.65. The second kappa shape index (κ2) is 5.96. The largest absolute Gasteiger partial charge is 0.298 e. The molecule has 3 rings (SSSR count). The van der Waals surface area contributed by atoms with E-state index in [9.17, 15) is 4.79 Å². The van der Waals surface area contributed by atoms with Gasteiger partial charge in [-0.3, -0.25) is 14.6 Å². The zero-order valence-corrected chi connectivity index (χ0v) is 13.5. The van der Waals surface area contributed by atoms with Crippen molar-refractivity contribution in [3.63, 3.8) is 0 Å². The molecule has 2 saturated heterocycles. The number of ketones is 1. The maximum atomic E-state index is 12.5. The zero-order chi connectivity index (χ0) is 14.1. The van der Waals surface area contributed by atoms with Gasteiger partial charge in [-0.15, -0.1) is 0 Å². The van der Waals surface area contributed by atoms with E-state index in [0.29, 0.717) is 18.6 Å². The minimum Gasteiger partial charge on any atom is -0.298 e. The van der Waals surface area contributed by atoms with Crippen molar-refractivity contribution in [3.8, 4) is 0 Å². The van der Waals surface area contributed by atoms with Gasteiger partial charge in [0.1, 0.15) is 0 Å². The smallest absolute Gasteiger partial charge is 0.177 e. The number of carbonyl (C=O) groups is 1. The Bertz CT molecular complexity index is 505.